The zero-order valence-electron chi connectivity index (χ0n) is 15.0. The van der Waals surface area contributed by atoms with Crippen molar-refractivity contribution in [3.05, 3.63) is 35.1 Å². The fourth-order valence-corrected chi connectivity index (χ4v) is 5.38. The molecule has 2 fully saturated rings. The summed E-state index contributed by atoms with van der Waals surface area (Å²) < 4.78 is 10.9. The number of nitrogens with one attached hydrogen (secondary N) is 1. The molecule has 4 aliphatic heterocycles. The maximum absolute atomic E-state index is 13.1. The third-order valence-electron chi connectivity index (χ3n) is 6.62. The van der Waals surface area contributed by atoms with Crippen LogP contribution in [0.3, 0.4) is 0 Å². The summed E-state index contributed by atoms with van der Waals surface area (Å²) in [7, 11) is 1.62. The summed E-state index contributed by atoms with van der Waals surface area (Å²) in [4.78, 5) is 28.2. The molecule has 2 saturated heterocycles. The highest BCUT2D eigenvalue weighted by molar-refractivity contribution is 6.08. The fraction of sp³-hybridized carbons (Fsp3) is 0.500. The van der Waals surface area contributed by atoms with E-state index in [0.717, 1.165) is 41.2 Å². The van der Waals surface area contributed by atoms with E-state index in [4.69, 9.17) is 9.47 Å². The topological polar surface area (TPSA) is 67.9 Å². The Morgan fingerprint density at radius 1 is 1.35 bits per heavy atom. The van der Waals surface area contributed by atoms with Gasteiger partial charge in [-0.2, -0.15) is 0 Å². The van der Waals surface area contributed by atoms with Gasteiger partial charge >= 0.3 is 0 Å². The third-order valence-corrected chi connectivity index (χ3v) is 6.62. The van der Waals surface area contributed by atoms with Crippen molar-refractivity contribution in [3.8, 4) is 5.75 Å². The number of nitrogens with zero attached hydrogens (tertiary/aromatic N) is 1. The Hall–Kier alpha value is -2.50. The number of fused-ring (bicyclic) bond motifs is 5. The zero-order valence-corrected chi connectivity index (χ0v) is 15.0. The molecule has 136 valence electrons. The van der Waals surface area contributed by atoms with Crippen LogP contribution in [0.2, 0.25) is 0 Å². The molecule has 0 aliphatic carbocycles. The second-order valence-corrected chi connectivity index (χ2v) is 7.64. The number of hydrogen-bond donors (Lipinski definition) is 1. The number of benzene rings is 1. The molecule has 0 radical (unpaired) electrons. The molecule has 1 aromatic carbocycles. The van der Waals surface area contributed by atoms with Gasteiger partial charge in [-0.15, -0.1) is 0 Å². The van der Waals surface area contributed by atoms with Crippen molar-refractivity contribution in [2.45, 2.75) is 37.6 Å². The van der Waals surface area contributed by atoms with E-state index in [1.54, 1.807) is 7.11 Å². The smallest absolute Gasteiger partial charge is 0.253 e. The van der Waals surface area contributed by atoms with Gasteiger partial charge in [0.05, 0.1) is 30.7 Å². The van der Waals surface area contributed by atoms with Gasteiger partial charge in [0.2, 0.25) is 5.91 Å². The molecule has 0 unspecified atom stereocenters. The molecule has 6 heteroatoms. The summed E-state index contributed by atoms with van der Waals surface area (Å²) >= 11 is 0. The van der Waals surface area contributed by atoms with E-state index < -0.39 is 5.41 Å². The molecule has 0 saturated carbocycles. The van der Waals surface area contributed by atoms with E-state index in [2.05, 4.69) is 5.32 Å². The summed E-state index contributed by atoms with van der Waals surface area (Å²) in [6.45, 7) is 3.13. The van der Waals surface area contributed by atoms with Crippen molar-refractivity contribution >= 4 is 17.5 Å². The Kier molecular flexibility index (Phi) is 3.18. The maximum atomic E-state index is 13.1. The average Bonchev–Trinajstić information content (AvgIpc) is 3.15. The van der Waals surface area contributed by atoms with Crippen LogP contribution in [0.15, 0.2) is 29.5 Å². The minimum absolute atomic E-state index is 0.0114. The number of carbonyl (C=O) groups is 2. The predicted octanol–water partition coefficient (Wildman–Crippen LogP) is 2.20. The van der Waals surface area contributed by atoms with Crippen molar-refractivity contribution in [2.75, 3.05) is 25.6 Å². The third kappa shape index (κ3) is 1.82. The molecule has 1 spiro atoms. The first kappa shape index (κ1) is 15.7. The molecule has 26 heavy (non-hydrogen) atoms. The van der Waals surface area contributed by atoms with Crippen LogP contribution >= 0.6 is 0 Å². The van der Waals surface area contributed by atoms with E-state index >= 15 is 0 Å². The van der Waals surface area contributed by atoms with Crippen LogP contribution in [0.4, 0.5) is 5.69 Å². The standard InChI is InChI=1S/C20H22N2O4/c1-11-17-12(5-8-26-11)9-16-20(6-7-22(16)18(17)23)14-4-3-13(25-2)10-15(14)21-19(20)24/h3-4,10,12,16H,5-9H2,1-2H3,(H,21,24)/t12-,16-,20-/m0/s1. The second-order valence-electron chi connectivity index (χ2n) is 7.64. The van der Waals surface area contributed by atoms with Crippen LogP contribution < -0.4 is 10.1 Å². The average molecular weight is 354 g/mol. The van der Waals surface area contributed by atoms with Gasteiger partial charge in [-0.05, 0) is 43.7 Å². The first-order chi connectivity index (χ1) is 12.6. The monoisotopic (exact) mass is 354 g/mol. The minimum Gasteiger partial charge on any atom is -0.498 e. The lowest BCUT2D eigenvalue weighted by atomic mass is 9.69. The molecule has 5 rings (SSSR count). The number of rotatable bonds is 1. The van der Waals surface area contributed by atoms with E-state index in [9.17, 15) is 9.59 Å². The molecule has 1 aromatic rings. The SMILES string of the molecule is COc1ccc2c(c1)NC(=O)[C@@]21CCN2C(=O)C3=C(C)OCC[C@H]3C[C@H]21. The zero-order chi connectivity index (χ0) is 18.1. The Labute approximate surface area is 152 Å². The molecule has 3 atom stereocenters. The molecule has 4 aliphatic rings. The van der Waals surface area contributed by atoms with Crippen LogP contribution in [0.25, 0.3) is 0 Å². The van der Waals surface area contributed by atoms with Crippen molar-refractivity contribution < 1.29 is 19.1 Å². The molecule has 1 N–H and O–H groups in total. The lowest BCUT2D eigenvalue weighted by Gasteiger charge is -2.43. The van der Waals surface area contributed by atoms with Gasteiger partial charge in [-0.3, -0.25) is 9.59 Å². The molecule has 0 bridgehead atoms. The quantitative estimate of drug-likeness (QED) is 0.840. The van der Waals surface area contributed by atoms with E-state index in [-0.39, 0.29) is 23.8 Å². The highest BCUT2D eigenvalue weighted by atomic mass is 16.5. The van der Waals surface area contributed by atoms with Crippen LogP contribution in [0.1, 0.15) is 31.7 Å². The number of anilines is 1. The van der Waals surface area contributed by atoms with Gasteiger partial charge in [-0.25, -0.2) is 0 Å². The van der Waals surface area contributed by atoms with Crippen LogP contribution in [-0.4, -0.2) is 43.0 Å². The number of allylic oxidation sites excluding steroid dienone is 1. The molecule has 2 amide bonds. The summed E-state index contributed by atoms with van der Waals surface area (Å²) in [6, 6.07) is 5.67. The number of methoxy groups -OCH3 is 1. The van der Waals surface area contributed by atoms with Crippen molar-refractivity contribution in [3.63, 3.8) is 0 Å². The highest BCUT2D eigenvalue weighted by Gasteiger charge is 2.61. The minimum atomic E-state index is -0.644. The maximum Gasteiger partial charge on any atom is 0.253 e. The number of hydrogen-bond acceptors (Lipinski definition) is 4. The molecular weight excluding hydrogens is 332 g/mol. The molecule has 6 nitrogen and oxygen atoms in total. The van der Waals surface area contributed by atoms with Gasteiger partial charge in [-0.1, -0.05) is 6.07 Å². The first-order valence-electron chi connectivity index (χ1n) is 9.21. The molecular formula is C20H22N2O4. The van der Waals surface area contributed by atoms with Crippen LogP contribution in [0, 0.1) is 5.92 Å². The number of amides is 2. The Balaban J connectivity index is 1.60. The lowest BCUT2D eigenvalue weighted by Crippen LogP contribution is -2.54. The van der Waals surface area contributed by atoms with E-state index in [0.29, 0.717) is 19.6 Å². The van der Waals surface area contributed by atoms with E-state index in [1.807, 2.05) is 30.0 Å². The highest BCUT2D eigenvalue weighted by Crippen LogP contribution is 2.53. The summed E-state index contributed by atoms with van der Waals surface area (Å²) in [6.07, 6.45) is 2.32. The first-order valence-corrected chi connectivity index (χ1v) is 9.21. The fourth-order valence-electron chi connectivity index (χ4n) is 5.38. The van der Waals surface area contributed by atoms with Crippen LogP contribution in [0.5, 0.6) is 5.75 Å². The van der Waals surface area contributed by atoms with Gasteiger partial charge in [0.25, 0.3) is 5.91 Å². The summed E-state index contributed by atoms with van der Waals surface area (Å²) in [5.74, 6) is 1.72. The largest absolute Gasteiger partial charge is 0.498 e. The Morgan fingerprint density at radius 2 is 2.19 bits per heavy atom. The molecule has 4 heterocycles. The molecule has 0 aromatic heterocycles. The van der Waals surface area contributed by atoms with Crippen LogP contribution in [-0.2, 0) is 19.7 Å². The predicted molar refractivity (Wildman–Crippen MR) is 94.8 cm³/mol. The normalized spacial score (nSPS) is 32.2. The van der Waals surface area contributed by atoms with E-state index in [1.165, 1.54) is 0 Å². The number of piperidine rings is 1. The van der Waals surface area contributed by atoms with Gasteiger partial charge in [0.1, 0.15) is 11.5 Å². The summed E-state index contributed by atoms with van der Waals surface area (Å²) in [5.41, 5.74) is 1.99. The van der Waals surface area contributed by atoms with Gasteiger partial charge < -0.3 is 19.7 Å². The van der Waals surface area contributed by atoms with Crippen molar-refractivity contribution in [1.82, 2.24) is 4.90 Å². The second kappa shape index (κ2) is 5.25. The van der Waals surface area contributed by atoms with Gasteiger partial charge in [0, 0.05) is 18.3 Å². The number of carbonyl (C=O) groups excluding carboxylic acids is 2. The Morgan fingerprint density at radius 3 is 3.00 bits per heavy atom. The number of ether oxygens (including phenoxy) is 2. The van der Waals surface area contributed by atoms with Gasteiger partial charge in [0.15, 0.2) is 0 Å². The lowest BCUT2D eigenvalue weighted by molar-refractivity contribution is -0.134. The summed E-state index contributed by atoms with van der Waals surface area (Å²) in [5, 5.41) is 3.04. The van der Waals surface area contributed by atoms with Crippen molar-refractivity contribution in [1.29, 1.82) is 0 Å². The van der Waals surface area contributed by atoms with Crippen molar-refractivity contribution in [2.24, 2.45) is 5.92 Å². The Bertz CT molecular complexity index is 861.